The minimum Gasteiger partial charge on any atom is -0.465 e. The third kappa shape index (κ3) is 3.61. The minimum atomic E-state index is -0.452. The van der Waals surface area contributed by atoms with Crippen LogP contribution in [0, 0.1) is 6.92 Å². The Balaban J connectivity index is 1.76. The Labute approximate surface area is 149 Å². The van der Waals surface area contributed by atoms with Crippen LogP contribution in [0.25, 0.3) is 10.9 Å². The Bertz CT molecular complexity index is 1040. The summed E-state index contributed by atoms with van der Waals surface area (Å²) in [5, 5.41) is 3.16. The second-order valence-corrected chi connectivity index (χ2v) is 5.82. The van der Waals surface area contributed by atoms with Crippen LogP contribution in [0.1, 0.15) is 15.9 Å². The van der Waals surface area contributed by atoms with Crippen molar-refractivity contribution >= 4 is 28.5 Å². The van der Waals surface area contributed by atoms with E-state index in [2.05, 4.69) is 15.0 Å². The van der Waals surface area contributed by atoms with E-state index in [0.29, 0.717) is 22.2 Å². The zero-order valence-corrected chi connectivity index (χ0v) is 14.4. The number of rotatable bonds is 4. The van der Waals surface area contributed by atoms with E-state index in [1.807, 2.05) is 13.0 Å². The molecule has 0 unspecified atom stereocenters. The van der Waals surface area contributed by atoms with Gasteiger partial charge in [0.15, 0.2) is 0 Å². The second-order valence-electron chi connectivity index (χ2n) is 5.82. The largest absolute Gasteiger partial charge is 0.465 e. The molecule has 2 aromatic carbocycles. The van der Waals surface area contributed by atoms with Gasteiger partial charge in [-0.1, -0.05) is 11.6 Å². The average Bonchev–Trinajstić information content (AvgIpc) is 2.64. The smallest absolute Gasteiger partial charge is 0.337 e. The number of fused-ring (bicyclic) bond motifs is 1. The van der Waals surface area contributed by atoms with Gasteiger partial charge in [-0.25, -0.2) is 9.78 Å². The maximum atomic E-state index is 12.5. The molecular formula is C19H17N3O4. The van der Waals surface area contributed by atoms with Crippen molar-refractivity contribution in [3.05, 3.63) is 70.3 Å². The van der Waals surface area contributed by atoms with Gasteiger partial charge in [-0.2, -0.15) is 0 Å². The molecule has 0 saturated heterocycles. The monoisotopic (exact) mass is 351 g/mol. The van der Waals surface area contributed by atoms with Gasteiger partial charge in [0.1, 0.15) is 6.54 Å². The Hall–Kier alpha value is -3.48. The van der Waals surface area contributed by atoms with E-state index >= 15 is 0 Å². The number of amides is 1. The zero-order chi connectivity index (χ0) is 18.7. The van der Waals surface area contributed by atoms with Crippen molar-refractivity contribution < 1.29 is 14.3 Å². The lowest BCUT2D eigenvalue weighted by atomic mass is 10.2. The van der Waals surface area contributed by atoms with Crippen molar-refractivity contribution in [1.82, 2.24) is 9.55 Å². The quantitative estimate of drug-likeness (QED) is 0.727. The lowest BCUT2D eigenvalue weighted by Gasteiger charge is -2.09. The van der Waals surface area contributed by atoms with Crippen molar-refractivity contribution in [2.45, 2.75) is 13.5 Å². The normalized spacial score (nSPS) is 10.5. The molecule has 1 N–H and O–H groups in total. The van der Waals surface area contributed by atoms with E-state index in [4.69, 9.17) is 0 Å². The molecule has 132 valence electrons. The van der Waals surface area contributed by atoms with Gasteiger partial charge in [-0.15, -0.1) is 0 Å². The van der Waals surface area contributed by atoms with Crippen LogP contribution >= 0.6 is 0 Å². The van der Waals surface area contributed by atoms with E-state index in [1.54, 1.807) is 36.4 Å². The van der Waals surface area contributed by atoms with Crippen LogP contribution < -0.4 is 10.9 Å². The highest BCUT2D eigenvalue weighted by molar-refractivity contribution is 5.93. The van der Waals surface area contributed by atoms with Gasteiger partial charge < -0.3 is 10.1 Å². The minimum absolute atomic E-state index is 0.158. The molecule has 0 aliphatic heterocycles. The van der Waals surface area contributed by atoms with Crippen LogP contribution in [0.4, 0.5) is 5.69 Å². The number of hydrogen-bond acceptors (Lipinski definition) is 5. The molecule has 0 bridgehead atoms. The van der Waals surface area contributed by atoms with Crippen LogP contribution in [-0.2, 0) is 16.1 Å². The molecule has 7 heteroatoms. The van der Waals surface area contributed by atoms with Gasteiger partial charge in [-0.3, -0.25) is 14.2 Å². The van der Waals surface area contributed by atoms with E-state index in [0.717, 1.165) is 5.56 Å². The summed E-state index contributed by atoms with van der Waals surface area (Å²) in [6.45, 7) is 1.73. The molecule has 3 aromatic rings. The number of nitrogens with zero attached hydrogens (tertiary/aromatic N) is 2. The first kappa shape index (κ1) is 17.3. The molecule has 0 aliphatic rings. The van der Waals surface area contributed by atoms with Gasteiger partial charge in [0, 0.05) is 5.69 Å². The molecule has 0 radical (unpaired) electrons. The maximum Gasteiger partial charge on any atom is 0.337 e. The van der Waals surface area contributed by atoms with Gasteiger partial charge in [0.25, 0.3) is 5.56 Å². The number of methoxy groups -OCH3 is 1. The van der Waals surface area contributed by atoms with Gasteiger partial charge in [0.05, 0.1) is 29.9 Å². The molecule has 0 aliphatic carbocycles. The number of carbonyl (C=O) groups is 2. The molecule has 26 heavy (non-hydrogen) atoms. The molecule has 1 aromatic heterocycles. The predicted molar refractivity (Wildman–Crippen MR) is 97.2 cm³/mol. The zero-order valence-electron chi connectivity index (χ0n) is 14.4. The highest BCUT2D eigenvalue weighted by Gasteiger charge is 2.10. The number of benzene rings is 2. The first-order chi connectivity index (χ1) is 12.5. The fourth-order valence-electron chi connectivity index (χ4n) is 2.55. The topological polar surface area (TPSA) is 90.3 Å². The summed E-state index contributed by atoms with van der Waals surface area (Å²) < 4.78 is 5.89. The fraction of sp³-hybridized carbons (Fsp3) is 0.158. The number of ether oxygens (including phenoxy) is 1. The lowest BCUT2D eigenvalue weighted by molar-refractivity contribution is -0.116. The Morgan fingerprint density at radius 2 is 1.88 bits per heavy atom. The number of nitrogens with one attached hydrogen (secondary N) is 1. The summed E-state index contributed by atoms with van der Waals surface area (Å²) >= 11 is 0. The highest BCUT2D eigenvalue weighted by Crippen LogP contribution is 2.11. The summed E-state index contributed by atoms with van der Waals surface area (Å²) in [7, 11) is 1.30. The molecule has 0 fully saturated rings. The SMILES string of the molecule is COC(=O)c1ccc(NC(=O)Cn2cnc3ccc(C)cc3c2=O)cc1. The summed E-state index contributed by atoms with van der Waals surface area (Å²) in [6, 6.07) is 11.7. The molecule has 0 saturated carbocycles. The van der Waals surface area contributed by atoms with Crippen molar-refractivity contribution in [3.8, 4) is 0 Å². The molecule has 1 amide bonds. The Kier molecular flexibility index (Phi) is 4.79. The standard InChI is InChI=1S/C19H17N3O4/c1-12-3-8-16-15(9-12)18(24)22(11-20-16)10-17(23)21-14-6-4-13(5-7-14)19(25)26-2/h3-9,11H,10H2,1-2H3,(H,21,23). The summed E-state index contributed by atoms with van der Waals surface area (Å²) in [5.74, 6) is -0.821. The number of anilines is 1. The molecule has 1 heterocycles. The highest BCUT2D eigenvalue weighted by atomic mass is 16.5. The third-order valence-corrected chi connectivity index (χ3v) is 3.88. The molecule has 7 nitrogen and oxygen atoms in total. The van der Waals surface area contributed by atoms with Crippen molar-refractivity contribution in [2.24, 2.45) is 0 Å². The van der Waals surface area contributed by atoms with Crippen LogP contribution in [0.3, 0.4) is 0 Å². The summed E-state index contributed by atoms with van der Waals surface area (Å²) in [5.41, 5.74) is 2.17. The van der Waals surface area contributed by atoms with Gasteiger partial charge in [-0.05, 0) is 43.3 Å². The van der Waals surface area contributed by atoms with Crippen molar-refractivity contribution in [1.29, 1.82) is 0 Å². The van der Waals surface area contributed by atoms with Gasteiger partial charge >= 0.3 is 5.97 Å². The van der Waals surface area contributed by atoms with Crippen LogP contribution in [0.5, 0.6) is 0 Å². The predicted octanol–water partition coefficient (Wildman–Crippen LogP) is 2.13. The Morgan fingerprint density at radius 3 is 2.58 bits per heavy atom. The van der Waals surface area contributed by atoms with E-state index in [9.17, 15) is 14.4 Å². The number of aryl methyl sites for hydroxylation is 1. The third-order valence-electron chi connectivity index (χ3n) is 3.88. The molecule has 0 spiro atoms. The first-order valence-corrected chi connectivity index (χ1v) is 7.92. The van der Waals surface area contributed by atoms with E-state index in [-0.39, 0.29) is 18.0 Å². The van der Waals surface area contributed by atoms with Crippen molar-refractivity contribution in [2.75, 3.05) is 12.4 Å². The first-order valence-electron chi connectivity index (χ1n) is 7.92. The fourth-order valence-corrected chi connectivity index (χ4v) is 2.55. The summed E-state index contributed by atoms with van der Waals surface area (Å²) in [4.78, 5) is 40.4. The molecule has 3 rings (SSSR count). The van der Waals surface area contributed by atoms with Crippen LogP contribution in [-0.4, -0.2) is 28.5 Å². The maximum absolute atomic E-state index is 12.5. The molecular weight excluding hydrogens is 334 g/mol. The number of carbonyl (C=O) groups excluding carboxylic acids is 2. The number of hydrogen-bond donors (Lipinski definition) is 1. The second kappa shape index (κ2) is 7.18. The van der Waals surface area contributed by atoms with Crippen LogP contribution in [0.15, 0.2) is 53.6 Å². The average molecular weight is 351 g/mol. The number of esters is 1. The number of aromatic nitrogens is 2. The van der Waals surface area contributed by atoms with E-state index < -0.39 is 5.97 Å². The Morgan fingerprint density at radius 1 is 1.15 bits per heavy atom. The van der Waals surface area contributed by atoms with E-state index in [1.165, 1.54) is 18.0 Å². The molecule has 0 atom stereocenters. The van der Waals surface area contributed by atoms with Gasteiger partial charge in [0.2, 0.25) is 5.91 Å². The van der Waals surface area contributed by atoms with Crippen LogP contribution in [0.2, 0.25) is 0 Å². The van der Waals surface area contributed by atoms with Crippen molar-refractivity contribution in [3.63, 3.8) is 0 Å². The lowest BCUT2D eigenvalue weighted by Crippen LogP contribution is -2.28. The summed E-state index contributed by atoms with van der Waals surface area (Å²) in [6.07, 6.45) is 1.36.